The summed E-state index contributed by atoms with van der Waals surface area (Å²) in [6, 6.07) is 9.66. The van der Waals surface area contributed by atoms with Gasteiger partial charge in [-0.1, -0.05) is 20.3 Å². The Morgan fingerprint density at radius 1 is 1.18 bits per heavy atom. The molecule has 0 saturated carbocycles. The summed E-state index contributed by atoms with van der Waals surface area (Å²) >= 11 is 0. The first-order valence-corrected chi connectivity index (χ1v) is 5.83. The Kier molecular flexibility index (Phi) is 4.55. The van der Waals surface area contributed by atoms with Crippen LogP contribution in [0.3, 0.4) is 0 Å². The molecule has 17 heavy (non-hydrogen) atoms. The van der Waals surface area contributed by atoms with Crippen LogP contribution in [0.4, 0.5) is 5.69 Å². The molecule has 0 amide bonds. The van der Waals surface area contributed by atoms with Gasteiger partial charge in [-0.05, 0) is 31.0 Å². The summed E-state index contributed by atoms with van der Waals surface area (Å²) in [7, 11) is 0. The Labute approximate surface area is 103 Å². The zero-order valence-corrected chi connectivity index (χ0v) is 10.5. The lowest BCUT2D eigenvalue weighted by Gasteiger charge is -2.21. The predicted molar refractivity (Wildman–Crippen MR) is 68.4 cm³/mol. The highest BCUT2D eigenvalue weighted by Gasteiger charge is 2.10. The van der Waals surface area contributed by atoms with Crippen molar-refractivity contribution in [3.05, 3.63) is 29.3 Å². The first-order chi connectivity index (χ1) is 8.12. The van der Waals surface area contributed by atoms with Crippen molar-refractivity contribution in [2.24, 2.45) is 5.92 Å². The Hall–Kier alpha value is -2.00. The van der Waals surface area contributed by atoms with Gasteiger partial charge in [0.1, 0.15) is 12.1 Å². The van der Waals surface area contributed by atoms with E-state index in [0.717, 1.165) is 12.1 Å². The van der Waals surface area contributed by atoms with Crippen molar-refractivity contribution < 1.29 is 0 Å². The lowest BCUT2D eigenvalue weighted by molar-refractivity contribution is 0.494. The van der Waals surface area contributed by atoms with E-state index in [9.17, 15) is 0 Å². The quantitative estimate of drug-likeness (QED) is 0.858. The van der Waals surface area contributed by atoms with Crippen molar-refractivity contribution in [2.75, 3.05) is 5.32 Å². The fourth-order valence-corrected chi connectivity index (χ4v) is 1.58. The van der Waals surface area contributed by atoms with Crippen molar-refractivity contribution in [1.82, 2.24) is 0 Å². The molecule has 0 spiro atoms. The smallest absolute Gasteiger partial charge is 0.101 e. The lowest BCUT2D eigenvalue weighted by Crippen LogP contribution is -2.23. The second-order valence-electron chi connectivity index (χ2n) is 4.30. The molecular weight excluding hydrogens is 210 g/mol. The number of nitriles is 2. The summed E-state index contributed by atoms with van der Waals surface area (Å²) in [5, 5.41) is 21.1. The van der Waals surface area contributed by atoms with Gasteiger partial charge in [0.25, 0.3) is 0 Å². The van der Waals surface area contributed by atoms with Gasteiger partial charge >= 0.3 is 0 Å². The molecule has 3 nitrogen and oxygen atoms in total. The number of hydrogen-bond donors (Lipinski definition) is 1. The van der Waals surface area contributed by atoms with Gasteiger partial charge in [0.15, 0.2) is 0 Å². The molecule has 3 heteroatoms. The number of anilines is 1. The third-order valence-electron chi connectivity index (χ3n) is 3.15. The number of nitrogens with one attached hydrogen (secondary N) is 1. The normalized spacial score (nSPS) is 13.2. The highest BCUT2D eigenvalue weighted by atomic mass is 14.9. The van der Waals surface area contributed by atoms with Crippen molar-refractivity contribution in [3.8, 4) is 12.1 Å². The molecule has 0 heterocycles. The molecule has 0 aromatic heterocycles. The zero-order valence-electron chi connectivity index (χ0n) is 10.5. The third-order valence-corrected chi connectivity index (χ3v) is 3.15. The van der Waals surface area contributed by atoms with Crippen molar-refractivity contribution in [1.29, 1.82) is 10.5 Å². The highest BCUT2D eigenvalue weighted by molar-refractivity contribution is 5.56. The van der Waals surface area contributed by atoms with Gasteiger partial charge in [0.2, 0.25) is 0 Å². The molecule has 0 aliphatic carbocycles. The van der Waals surface area contributed by atoms with Gasteiger partial charge in [-0.25, -0.2) is 0 Å². The molecule has 1 N–H and O–H groups in total. The van der Waals surface area contributed by atoms with Crippen molar-refractivity contribution in [2.45, 2.75) is 33.2 Å². The second kappa shape index (κ2) is 5.92. The van der Waals surface area contributed by atoms with E-state index in [1.807, 2.05) is 18.2 Å². The van der Waals surface area contributed by atoms with E-state index in [1.54, 1.807) is 12.1 Å². The average Bonchev–Trinajstić information content (AvgIpc) is 2.37. The average molecular weight is 227 g/mol. The molecule has 0 aliphatic rings. The number of rotatable bonds is 4. The van der Waals surface area contributed by atoms with E-state index in [0.29, 0.717) is 23.1 Å². The topological polar surface area (TPSA) is 59.6 Å². The predicted octanol–water partition coefficient (Wildman–Crippen LogP) is 3.28. The molecule has 1 aromatic rings. The second-order valence-corrected chi connectivity index (χ2v) is 4.30. The molecule has 1 aromatic carbocycles. The lowest BCUT2D eigenvalue weighted by atomic mass is 10.00. The number of benzene rings is 1. The molecule has 0 radical (unpaired) electrons. The molecular formula is C14H17N3. The summed E-state index contributed by atoms with van der Waals surface area (Å²) < 4.78 is 0. The molecule has 2 atom stereocenters. The van der Waals surface area contributed by atoms with Gasteiger partial charge < -0.3 is 5.32 Å². The van der Waals surface area contributed by atoms with Crippen LogP contribution in [0.2, 0.25) is 0 Å². The van der Waals surface area contributed by atoms with Crippen molar-refractivity contribution in [3.63, 3.8) is 0 Å². The first-order valence-electron chi connectivity index (χ1n) is 5.83. The molecule has 0 saturated heterocycles. The Balaban J connectivity index is 2.88. The van der Waals surface area contributed by atoms with E-state index in [1.165, 1.54) is 0 Å². The van der Waals surface area contributed by atoms with Gasteiger partial charge in [0, 0.05) is 11.7 Å². The maximum atomic E-state index is 8.93. The van der Waals surface area contributed by atoms with Crippen LogP contribution in [-0.4, -0.2) is 6.04 Å². The van der Waals surface area contributed by atoms with E-state index >= 15 is 0 Å². The molecule has 0 aliphatic heterocycles. The van der Waals surface area contributed by atoms with Crippen LogP contribution >= 0.6 is 0 Å². The van der Waals surface area contributed by atoms with Crippen LogP contribution in [0.5, 0.6) is 0 Å². The fraction of sp³-hybridized carbons (Fsp3) is 0.429. The van der Waals surface area contributed by atoms with Crippen LogP contribution in [0.25, 0.3) is 0 Å². The summed E-state index contributed by atoms with van der Waals surface area (Å²) in [4.78, 5) is 0. The van der Waals surface area contributed by atoms with Crippen LogP contribution in [-0.2, 0) is 0 Å². The van der Waals surface area contributed by atoms with Gasteiger partial charge in [0.05, 0.1) is 11.1 Å². The van der Waals surface area contributed by atoms with Gasteiger partial charge in [-0.15, -0.1) is 0 Å². The Morgan fingerprint density at radius 3 is 2.35 bits per heavy atom. The summed E-state index contributed by atoms with van der Waals surface area (Å²) in [5.74, 6) is 0.566. The van der Waals surface area contributed by atoms with E-state index in [2.05, 4.69) is 26.1 Å². The summed E-state index contributed by atoms with van der Waals surface area (Å²) in [6.45, 7) is 6.47. The van der Waals surface area contributed by atoms with Crippen molar-refractivity contribution >= 4 is 5.69 Å². The minimum Gasteiger partial charge on any atom is -0.382 e. The fourth-order valence-electron chi connectivity index (χ4n) is 1.58. The first kappa shape index (κ1) is 13.1. The standard InChI is InChI=1S/C14H17N3/c1-4-10(2)11(3)17-14-6-5-12(8-15)13(7-14)9-16/h5-7,10-11,17H,4H2,1-3H3. The Morgan fingerprint density at radius 2 is 1.82 bits per heavy atom. The maximum absolute atomic E-state index is 8.93. The van der Waals surface area contributed by atoms with Gasteiger partial charge in [-0.3, -0.25) is 0 Å². The molecule has 0 fully saturated rings. The van der Waals surface area contributed by atoms with Crippen LogP contribution in [0.1, 0.15) is 38.3 Å². The monoisotopic (exact) mass is 227 g/mol. The zero-order chi connectivity index (χ0) is 12.8. The van der Waals surface area contributed by atoms with E-state index < -0.39 is 0 Å². The maximum Gasteiger partial charge on any atom is 0.101 e. The van der Waals surface area contributed by atoms with Gasteiger partial charge in [-0.2, -0.15) is 10.5 Å². The van der Waals surface area contributed by atoms with E-state index in [-0.39, 0.29) is 0 Å². The Bertz CT molecular complexity index is 465. The van der Waals surface area contributed by atoms with Crippen LogP contribution in [0, 0.1) is 28.6 Å². The van der Waals surface area contributed by atoms with E-state index in [4.69, 9.17) is 10.5 Å². The molecule has 2 unspecified atom stereocenters. The van der Waals surface area contributed by atoms with Crippen LogP contribution in [0.15, 0.2) is 18.2 Å². The summed E-state index contributed by atoms with van der Waals surface area (Å²) in [5.41, 5.74) is 1.75. The minimum absolute atomic E-state index is 0.347. The minimum atomic E-state index is 0.347. The highest BCUT2D eigenvalue weighted by Crippen LogP contribution is 2.18. The molecule has 88 valence electrons. The SMILES string of the molecule is CCC(C)C(C)Nc1ccc(C#N)c(C#N)c1. The number of hydrogen-bond acceptors (Lipinski definition) is 3. The summed E-state index contributed by atoms with van der Waals surface area (Å²) in [6.07, 6.45) is 1.11. The molecule has 1 rings (SSSR count). The van der Waals surface area contributed by atoms with Crippen LogP contribution < -0.4 is 5.32 Å². The molecule has 0 bridgehead atoms. The largest absolute Gasteiger partial charge is 0.382 e. The number of nitrogens with zero attached hydrogens (tertiary/aromatic N) is 2. The third kappa shape index (κ3) is 3.23.